The average molecular weight is 371 g/mol. The van der Waals surface area contributed by atoms with Gasteiger partial charge >= 0.3 is 0 Å². The van der Waals surface area contributed by atoms with Crippen molar-refractivity contribution < 1.29 is 4.79 Å². The van der Waals surface area contributed by atoms with E-state index in [1.54, 1.807) is 0 Å². The van der Waals surface area contributed by atoms with Crippen molar-refractivity contribution >= 4 is 28.4 Å². The molecular formula is C16H22INO. The van der Waals surface area contributed by atoms with Crippen LogP contribution in [0.4, 0.5) is 0 Å². The molecule has 0 aliphatic heterocycles. The number of halogens is 1. The summed E-state index contributed by atoms with van der Waals surface area (Å²) in [5, 5.41) is 0. The first-order chi connectivity index (χ1) is 9.20. The number of rotatable bonds is 5. The monoisotopic (exact) mass is 371 g/mol. The predicted molar refractivity (Wildman–Crippen MR) is 87.6 cm³/mol. The number of hydrogen-bond donors (Lipinski definition) is 0. The van der Waals surface area contributed by atoms with E-state index in [4.69, 9.17) is 0 Å². The lowest BCUT2D eigenvalue weighted by molar-refractivity contribution is 0.0868. The molecule has 0 amide bonds. The molecule has 0 spiro atoms. The summed E-state index contributed by atoms with van der Waals surface area (Å²) in [5.74, 6) is 0.254. The van der Waals surface area contributed by atoms with Crippen LogP contribution in [-0.2, 0) is 0 Å². The first-order valence-electron chi connectivity index (χ1n) is 7.23. The highest BCUT2D eigenvalue weighted by Gasteiger charge is 2.22. The van der Waals surface area contributed by atoms with Crippen molar-refractivity contribution in [3.05, 3.63) is 33.4 Å². The largest absolute Gasteiger partial charge is 0.293 e. The van der Waals surface area contributed by atoms with Gasteiger partial charge in [0.05, 0.1) is 6.54 Å². The van der Waals surface area contributed by atoms with Gasteiger partial charge in [-0.05, 0) is 54.1 Å². The Morgan fingerprint density at radius 1 is 1.21 bits per heavy atom. The molecule has 0 aromatic heterocycles. The smallest absolute Gasteiger partial charge is 0.176 e. The van der Waals surface area contributed by atoms with Crippen LogP contribution in [0.1, 0.15) is 49.4 Å². The van der Waals surface area contributed by atoms with Crippen molar-refractivity contribution in [2.24, 2.45) is 0 Å². The second kappa shape index (κ2) is 7.39. The summed E-state index contributed by atoms with van der Waals surface area (Å²) in [6.07, 6.45) is 6.51. The standard InChI is InChI=1S/C16H22INO/c1-2-18(15-6-4-3-5-7-15)12-16(19)13-8-10-14(17)11-9-13/h8-11,15H,2-7,12H2,1H3. The molecule has 19 heavy (non-hydrogen) atoms. The van der Waals surface area contributed by atoms with E-state index in [0.717, 1.165) is 12.1 Å². The predicted octanol–water partition coefficient (Wildman–Crippen LogP) is 4.13. The minimum absolute atomic E-state index is 0.254. The molecule has 1 aromatic rings. The average Bonchev–Trinajstić information content (AvgIpc) is 2.46. The molecule has 3 heteroatoms. The van der Waals surface area contributed by atoms with E-state index in [1.165, 1.54) is 35.7 Å². The van der Waals surface area contributed by atoms with Crippen LogP contribution < -0.4 is 0 Å². The first kappa shape index (κ1) is 15.0. The molecule has 0 N–H and O–H groups in total. The molecule has 1 fully saturated rings. The lowest BCUT2D eigenvalue weighted by atomic mass is 9.94. The number of carbonyl (C=O) groups is 1. The number of Topliss-reactive ketones (excluding diaryl/α,β-unsaturated/α-hetero) is 1. The minimum atomic E-state index is 0.254. The zero-order valence-electron chi connectivity index (χ0n) is 11.6. The van der Waals surface area contributed by atoms with Crippen LogP contribution in [0.25, 0.3) is 0 Å². The second-order valence-electron chi connectivity index (χ2n) is 5.29. The van der Waals surface area contributed by atoms with E-state index in [-0.39, 0.29) is 5.78 Å². The zero-order chi connectivity index (χ0) is 13.7. The molecular weight excluding hydrogens is 349 g/mol. The van der Waals surface area contributed by atoms with Crippen LogP contribution in [0.2, 0.25) is 0 Å². The Hall–Kier alpha value is -0.420. The summed E-state index contributed by atoms with van der Waals surface area (Å²) in [6.45, 7) is 3.71. The molecule has 1 aromatic carbocycles. The number of ketones is 1. The maximum absolute atomic E-state index is 12.3. The zero-order valence-corrected chi connectivity index (χ0v) is 13.7. The summed E-state index contributed by atoms with van der Waals surface area (Å²) in [7, 11) is 0. The highest BCUT2D eigenvalue weighted by molar-refractivity contribution is 14.1. The normalized spacial score (nSPS) is 16.8. The Kier molecular flexibility index (Phi) is 5.82. The number of benzene rings is 1. The van der Waals surface area contributed by atoms with E-state index >= 15 is 0 Å². The third-order valence-corrected chi connectivity index (χ3v) is 4.73. The highest BCUT2D eigenvalue weighted by atomic mass is 127. The van der Waals surface area contributed by atoms with Gasteiger partial charge in [-0.25, -0.2) is 0 Å². The summed E-state index contributed by atoms with van der Waals surface area (Å²) < 4.78 is 1.17. The summed E-state index contributed by atoms with van der Waals surface area (Å²) in [6, 6.07) is 8.51. The number of hydrogen-bond acceptors (Lipinski definition) is 2. The van der Waals surface area contributed by atoms with E-state index in [0.29, 0.717) is 12.6 Å². The lowest BCUT2D eigenvalue weighted by Gasteiger charge is -2.33. The van der Waals surface area contributed by atoms with Crippen molar-refractivity contribution in [3.8, 4) is 0 Å². The van der Waals surface area contributed by atoms with E-state index in [9.17, 15) is 4.79 Å². The number of carbonyl (C=O) groups excluding carboxylic acids is 1. The third kappa shape index (κ3) is 4.28. The van der Waals surface area contributed by atoms with Gasteiger partial charge in [-0.2, -0.15) is 0 Å². The van der Waals surface area contributed by atoms with Crippen LogP contribution in [0.5, 0.6) is 0 Å². The van der Waals surface area contributed by atoms with Gasteiger partial charge in [-0.1, -0.05) is 38.3 Å². The SMILES string of the molecule is CCN(CC(=O)c1ccc(I)cc1)C1CCCCC1. The van der Waals surface area contributed by atoms with Gasteiger partial charge in [0.15, 0.2) is 5.78 Å². The maximum atomic E-state index is 12.3. The highest BCUT2D eigenvalue weighted by Crippen LogP contribution is 2.22. The van der Waals surface area contributed by atoms with Gasteiger partial charge in [-0.15, -0.1) is 0 Å². The molecule has 1 aliphatic carbocycles. The molecule has 0 bridgehead atoms. The quantitative estimate of drug-likeness (QED) is 0.573. The molecule has 0 atom stereocenters. The second-order valence-corrected chi connectivity index (χ2v) is 6.53. The van der Waals surface area contributed by atoms with Crippen LogP contribution in [0, 0.1) is 3.57 Å². The Morgan fingerprint density at radius 3 is 2.42 bits per heavy atom. The van der Waals surface area contributed by atoms with Gasteiger partial charge < -0.3 is 0 Å². The van der Waals surface area contributed by atoms with Gasteiger partial charge in [0.25, 0.3) is 0 Å². The molecule has 2 nitrogen and oxygen atoms in total. The van der Waals surface area contributed by atoms with Gasteiger partial charge in [0, 0.05) is 15.2 Å². The fraction of sp³-hybridized carbons (Fsp3) is 0.562. The van der Waals surface area contributed by atoms with E-state index in [1.807, 2.05) is 24.3 Å². The molecule has 1 aliphatic rings. The van der Waals surface area contributed by atoms with E-state index < -0.39 is 0 Å². The first-order valence-corrected chi connectivity index (χ1v) is 8.31. The van der Waals surface area contributed by atoms with Crippen LogP contribution in [0.15, 0.2) is 24.3 Å². The molecule has 1 saturated carbocycles. The number of likely N-dealkylation sites (N-methyl/N-ethyl adjacent to an activating group) is 1. The Morgan fingerprint density at radius 2 is 1.84 bits per heavy atom. The molecule has 0 saturated heterocycles. The molecule has 104 valence electrons. The van der Waals surface area contributed by atoms with Gasteiger partial charge in [-0.3, -0.25) is 9.69 Å². The molecule has 0 unspecified atom stereocenters. The molecule has 0 heterocycles. The fourth-order valence-electron chi connectivity index (χ4n) is 2.86. The summed E-state index contributed by atoms with van der Waals surface area (Å²) in [5.41, 5.74) is 0.842. The van der Waals surface area contributed by atoms with Crippen molar-refractivity contribution in [3.63, 3.8) is 0 Å². The van der Waals surface area contributed by atoms with Crippen molar-refractivity contribution in [2.75, 3.05) is 13.1 Å². The summed E-state index contributed by atoms with van der Waals surface area (Å²) in [4.78, 5) is 14.7. The Bertz CT molecular complexity index is 409. The van der Waals surface area contributed by atoms with Crippen molar-refractivity contribution in [1.82, 2.24) is 4.90 Å². The Labute approximate surface area is 129 Å². The minimum Gasteiger partial charge on any atom is -0.293 e. The van der Waals surface area contributed by atoms with E-state index in [2.05, 4.69) is 34.4 Å². The summed E-state index contributed by atoms with van der Waals surface area (Å²) >= 11 is 2.27. The van der Waals surface area contributed by atoms with Crippen molar-refractivity contribution in [1.29, 1.82) is 0 Å². The van der Waals surface area contributed by atoms with Crippen molar-refractivity contribution in [2.45, 2.75) is 45.1 Å². The van der Waals surface area contributed by atoms with Gasteiger partial charge in [0.2, 0.25) is 0 Å². The maximum Gasteiger partial charge on any atom is 0.176 e. The van der Waals surface area contributed by atoms with Crippen LogP contribution in [-0.4, -0.2) is 29.8 Å². The van der Waals surface area contributed by atoms with Gasteiger partial charge in [0.1, 0.15) is 0 Å². The topological polar surface area (TPSA) is 20.3 Å². The molecule has 0 radical (unpaired) electrons. The number of nitrogens with zero attached hydrogens (tertiary/aromatic N) is 1. The third-order valence-electron chi connectivity index (χ3n) is 4.01. The van der Waals surface area contributed by atoms with Crippen LogP contribution >= 0.6 is 22.6 Å². The lowest BCUT2D eigenvalue weighted by Crippen LogP contribution is -2.40. The van der Waals surface area contributed by atoms with Crippen LogP contribution in [0.3, 0.4) is 0 Å². The fourth-order valence-corrected chi connectivity index (χ4v) is 3.22. The Balaban J connectivity index is 1.97. The molecule has 2 rings (SSSR count).